The van der Waals surface area contributed by atoms with Gasteiger partial charge in [0.25, 0.3) is 11.8 Å². The summed E-state index contributed by atoms with van der Waals surface area (Å²) in [5, 5.41) is 6.04. The zero-order valence-corrected chi connectivity index (χ0v) is 21.8. The lowest BCUT2D eigenvalue weighted by atomic mass is 10.1. The number of carbonyl (C=O) groups excluding carboxylic acids is 3. The van der Waals surface area contributed by atoms with Crippen molar-refractivity contribution in [3.05, 3.63) is 95.0 Å². The van der Waals surface area contributed by atoms with Gasteiger partial charge >= 0.3 is 0 Å². The van der Waals surface area contributed by atoms with E-state index < -0.39 is 0 Å². The van der Waals surface area contributed by atoms with Crippen LogP contribution in [0.1, 0.15) is 25.8 Å². The van der Waals surface area contributed by atoms with Crippen molar-refractivity contribution < 1.29 is 19.1 Å². The summed E-state index contributed by atoms with van der Waals surface area (Å²) in [7, 11) is 1.58. The van der Waals surface area contributed by atoms with Crippen LogP contribution in [0.25, 0.3) is 0 Å². The molecule has 3 amide bonds. The number of methoxy groups -OCH3 is 1. The number of rotatable bonds is 10. The van der Waals surface area contributed by atoms with Gasteiger partial charge in [0.2, 0.25) is 5.91 Å². The summed E-state index contributed by atoms with van der Waals surface area (Å²) < 4.78 is 5.19. The van der Waals surface area contributed by atoms with Gasteiger partial charge in [-0.15, -0.1) is 0 Å². The molecule has 0 aliphatic carbocycles. The van der Waals surface area contributed by atoms with Crippen LogP contribution in [0, 0.1) is 0 Å². The molecule has 0 saturated carbocycles. The number of nitrogens with zero attached hydrogens (tertiary/aromatic N) is 1. The first-order valence-electron chi connectivity index (χ1n) is 12.0. The summed E-state index contributed by atoms with van der Waals surface area (Å²) in [6, 6.07) is 24.0. The molecular formula is C29H29N3O4S. The molecule has 0 radical (unpaired) electrons. The highest BCUT2D eigenvalue weighted by Gasteiger charge is 2.40. The van der Waals surface area contributed by atoms with Crippen LogP contribution in [0.4, 0.5) is 11.4 Å². The minimum absolute atomic E-state index is 0.0675. The minimum Gasteiger partial charge on any atom is -0.497 e. The Kier molecular flexibility index (Phi) is 8.30. The van der Waals surface area contributed by atoms with Crippen LogP contribution < -0.4 is 15.4 Å². The molecule has 1 aliphatic rings. The molecule has 1 aliphatic heterocycles. The number of thioether (sulfide) groups is 1. The van der Waals surface area contributed by atoms with Crippen molar-refractivity contribution >= 4 is 40.9 Å². The van der Waals surface area contributed by atoms with Gasteiger partial charge in [0.15, 0.2) is 0 Å². The van der Waals surface area contributed by atoms with E-state index in [1.54, 1.807) is 43.5 Å². The summed E-state index contributed by atoms with van der Waals surface area (Å²) in [6.45, 7) is 3.62. The highest BCUT2D eigenvalue weighted by Crippen LogP contribution is 2.37. The molecular weight excluding hydrogens is 486 g/mol. The number of imide groups is 1. The Morgan fingerprint density at radius 1 is 0.892 bits per heavy atom. The van der Waals surface area contributed by atoms with E-state index in [0.29, 0.717) is 34.9 Å². The molecule has 0 unspecified atom stereocenters. The van der Waals surface area contributed by atoms with Gasteiger partial charge in [0, 0.05) is 28.7 Å². The second-order valence-electron chi connectivity index (χ2n) is 8.79. The monoisotopic (exact) mass is 515 g/mol. The molecule has 190 valence electrons. The largest absolute Gasteiger partial charge is 0.497 e. The van der Waals surface area contributed by atoms with Crippen LogP contribution in [0.3, 0.4) is 0 Å². The van der Waals surface area contributed by atoms with Crippen molar-refractivity contribution in [1.82, 2.24) is 4.90 Å². The number of anilines is 2. The van der Waals surface area contributed by atoms with Crippen molar-refractivity contribution in [2.75, 3.05) is 17.7 Å². The van der Waals surface area contributed by atoms with Crippen molar-refractivity contribution in [2.24, 2.45) is 0 Å². The quantitative estimate of drug-likeness (QED) is 0.349. The van der Waals surface area contributed by atoms with E-state index in [0.717, 1.165) is 10.5 Å². The lowest BCUT2D eigenvalue weighted by Crippen LogP contribution is -2.38. The van der Waals surface area contributed by atoms with Crippen molar-refractivity contribution in [3.8, 4) is 5.75 Å². The summed E-state index contributed by atoms with van der Waals surface area (Å²) >= 11 is 1.22. The van der Waals surface area contributed by atoms with Crippen molar-refractivity contribution in [1.29, 1.82) is 0 Å². The predicted molar refractivity (Wildman–Crippen MR) is 146 cm³/mol. The number of nitrogens with one attached hydrogen (secondary N) is 2. The first kappa shape index (κ1) is 26.0. The Balaban J connectivity index is 1.46. The fourth-order valence-electron chi connectivity index (χ4n) is 3.87. The highest BCUT2D eigenvalue weighted by atomic mass is 32.2. The molecule has 0 spiro atoms. The summed E-state index contributed by atoms with van der Waals surface area (Å²) in [5.41, 5.74) is 2.70. The SMILES string of the molecule is COc1ccc(NC2=C(Sc3ccc(NC(=O)CCc4ccccc4)cc3)C(=O)N(C(C)C)C2=O)cc1. The minimum atomic E-state index is -0.361. The van der Waals surface area contributed by atoms with Crippen LogP contribution >= 0.6 is 11.8 Å². The average molecular weight is 516 g/mol. The first-order chi connectivity index (χ1) is 17.9. The molecule has 0 atom stereocenters. The maximum Gasteiger partial charge on any atom is 0.278 e. The first-order valence-corrected chi connectivity index (χ1v) is 12.8. The van der Waals surface area contributed by atoms with Gasteiger partial charge in [0.1, 0.15) is 16.4 Å². The van der Waals surface area contributed by atoms with Gasteiger partial charge in [-0.05, 0) is 74.4 Å². The molecule has 8 heteroatoms. The third kappa shape index (κ3) is 6.40. The highest BCUT2D eigenvalue weighted by molar-refractivity contribution is 8.04. The van der Waals surface area contributed by atoms with Gasteiger partial charge in [-0.25, -0.2) is 0 Å². The molecule has 1 heterocycles. The number of aryl methyl sites for hydroxylation is 1. The molecule has 0 bridgehead atoms. The van der Waals surface area contributed by atoms with Crippen LogP contribution in [-0.2, 0) is 20.8 Å². The van der Waals surface area contributed by atoms with Gasteiger partial charge < -0.3 is 15.4 Å². The van der Waals surface area contributed by atoms with Crippen molar-refractivity contribution in [2.45, 2.75) is 37.6 Å². The summed E-state index contributed by atoms with van der Waals surface area (Å²) in [6.07, 6.45) is 1.05. The molecule has 7 nitrogen and oxygen atoms in total. The maximum atomic E-state index is 13.2. The van der Waals surface area contributed by atoms with Crippen LogP contribution in [0.15, 0.2) is 94.4 Å². The lowest BCUT2D eigenvalue weighted by Gasteiger charge is -2.19. The molecule has 4 rings (SSSR count). The molecule has 0 fully saturated rings. The number of hydrogen-bond acceptors (Lipinski definition) is 6. The van der Waals surface area contributed by atoms with Crippen LogP contribution in [0.5, 0.6) is 5.75 Å². The Morgan fingerprint density at radius 3 is 2.16 bits per heavy atom. The topological polar surface area (TPSA) is 87.7 Å². The van der Waals surface area contributed by atoms with Gasteiger partial charge in [-0.3, -0.25) is 19.3 Å². The number of amides is 3. The third-order valence-corrected chi connectivity index (χ3v) is 6.88. The number of hydrogen-bond donors (Lipinski definition) is 2. The Labute approximate surface area is 220 Å². The summed E-state index contributed by atoms with van der Waals surface area (Å²) in [5.74, 6) is -0.0685. The maximum absolute atomic E-state index is 13.2. The number of carbonyl (C=O) groups is 3. The normalized spacial score (nSPS) is 13.4. The number of ether oxygens (including phenoxy) is 1. The molecule has 3 aromatic rings. The van der Waals surface area contributed by atoms with Crippen LogP contribution in [-0.4, -0.2) is 35.8 Å². The standard InChI is InChI=1S/C29H29N3O4S/c1-19(2)32-28(34)26(31-22-10-14-23(36-3)15-11-22)27(29(32)35)37-24-16-12-21(13-17-24)30-25(33)18-9-20-7-5-4-6-8-20/h4-8,10-17,19,31H,9,18H2,1-3H3,(H,30,33). The van der Waals surface area contributed by atoms with Gasteiger partial charge in [-0.2, -0.15) is 0 Å². The predicted octanol–water partition coefficient (Wildman–Crippen LogP) is 5.46. The van der Waals surface area contributed by atoms with E-state index in [-0.39, 0.29) is 29.5 Å². The molecule has 2 N–H and O–H groups in total. The fourth-order valence-corrected chi connectivity index (χ4v) is 4.80. The van der Waals surface area contributed by atoms with E-state index in [1.807, 2.05) is 56.3 Å². The Hall–Kier alpha value is -4.04. The second-order valence-corrected chi connectivity index (χ2v) is 9.88. The lowest BCUT2D eigenvalue weighted by molar-refractivity contribution is -0.139. The third-order valence-electron chi connectivity index (χ3n) is 5.79. The van der Waals surface area contributed by atoms with E-state index in [4.69, 9.17) is 4.74 Å². The van der Waals surface area contributed by atoms with E-state index >= 15 is 0 Å². The van der Waals surface area contributed by atoms with Crippen molar-refractivity contribution in [3.63, 3.8) is 0 Å². The number of benzene rings is 3. The Bertz CT molecular complexity index is 1300. The smallest absolute Gasteiger partial charge is 0.278 e. The van der Waals surface area contributed by atoms with Gasteiger partial charge in [0.05, 0.1) is 7.11 Å². The molecule has 3 aromatic carbocycles. The molecule has 0 saturated heterocycles. The van der Waals surface area contributed by atoms with E-state index in [2.05, 4.69) is 10.6 Å². The molecule has 0 aromatic heterocycles. The van der Waals surface area contributed by atoms with Crippen LogP contribution in [0.2, 0.25) is 0 Å². The zero-order valence-electron chi connectivity index (χ0n) is 21.0. The summed E-state index contributed by atoms with van der Waals surface area (Å²) in [4.78, 5) is 41.0. The molecule has 37 heavy (non-hydrogen) atoms. The van der Waals surface area contributed by atoms with E-state index in [1.165, 1.54) is 16.7 Å². The second kappa shape index (κ2) is 11.8. The Morgan fingerprint density at radius 2 is 1.54 bits per heavy atom. The fraction of sp³-hybridized carbons (Fsp3) is 0.207. The van der Waals surface area contributed by atoms with Gasteiger partial charge in [-0.1, -0.05) is 42.1 Å². The average Bonchev–Trinajstić information content (AvgIpc) is 3.13. The van der Waals surface area contributed by atoms with E-state index in [9.17, 15) is 14.4 Å². The zero-order chi connectivity index (χ0) is 26.4.